The number of guanidine groups is 1. The lowest BCUT2D eigenvalue weighted by molar-refractivity contribution is 0.782. The van der Waals surface area contributed by atoms with Crippen LogP contribution in [0.1, 0.15) is 56.0 Å². The van der Waals surface area contributed by atoms with Crippen molar-refractivity contribution >= 4 is 11.6 Å². The van der Waals surface area contributed by atoms with E-state index < -0.39 is 0 Å². The van der Waals surface area contributed by atoms with Gasteiger partial charge in [-0.15, -0.1) is 10.2 Å². The molecule has 1 aliphatic carbocycles. The average molecular weight is 377 g/mol. The number of aromatic nitrogens is 3. The molecule has 1 fully saturated rings. The van der Waals surface area contributed by atoms with Crippen LogP contribution in [0.3, 0.4) is 0 Å². The highest BCUT2D eigenvalue weighted by atomic mass is 15.3. The van der Waals surface area contributed by atoms with E-state index in [9.17, 15) is 0 Å². The molecule has 0 saturated heterocycles. The van der Waals surface area contributed by atoms with E-state index in [2.05, 4.69) is 65.9 Å². The maximum Gasteiger partial charge on any atom is 0.191 e. The fourth-order valence-electron chi connectivity index (χ4n) is 3.50. The second kappa shape index (κ2) is 8.00. The largest absolute Gasteiger partial charge is 0.357 e. The number of nitrogens with one attached hydrogen (secondary N) is 2. The summed E-state index contributed by atoms with van der Waals surface area (Å²) in [5.74, 6) is 2.80. The topological polar surface area (TPSA) is 66.6 Å². The van der Waals surface area contributed by atoms with Crippen LogP contribution < -0.4 is 10.6 Å². The number of pyridine rings is 1. The van der Waals surface area contributed by atoms with Crippen molar-refractivity contribution in [3.63, 3.8) is 0 Å². The highest BCUT2D eigenvalue weighted by Crippen LogP contribution is 2.41. The highest BCUT2D eigenvalue weighted by Gasteiger charge is 2.39. The van der Waals surface area contributed by atoms with E-state index in [0.717, 1.165) is 30.4 Å². The quantitative estimate of drug-likeness (QED) is 0.511. The second-order valence-electron chi connectivity index (χ2n) is 7.65. The summed E-state index contributed by atoms with van der Waals surface area (Å²) >= 11 is 0. The predicted molar refractivity (Wildman–Crippen MR) is 113 cm³/mol. The first-order valence-corrected chi connectivity index (χ1v) is 10.1. The van der Waals surface area contributed by atoms with Gasteiger partial charge in [-0.3, -0.25) is 4.40 Å². The van der Waals surface area contributed by atoms with Gasteiger partial charge in [0.1, 0.15) is 6.54 Å². The molecule has 2 aromatic heterocycles. The average Bonchev–Trinajstić information content (AvgIpc) is 3.35. The van der Waals surface area contributed by atoms with Crippen LogP contribution in [0.15, 0.2) is 53.7 Å². The normalized spacial score (nSPS) is 19.2. The molecule has 2 atom stereocenters. The van der Waals surface area contributed by atoms with Crippen LogP contribution in [0, 0.1) is 0 Å². The molecule has 1 saturated carbocycles. The molecule has 2 N–H and O–H groups in total. The standard InChI is InChI=1S/C22H28N6/c1-4-23-22(24-14-21-27-26-20-7-5-6-12-28(20)21)25-19-13-18(19)17-10-8-16(9-11-17)15(2)3/h5-12,15,18-19H,4,13-14H2,1-3H3,(H2,23,24,25). The Bertz CT molecular complexity index is 957. The van der Waals surface area contributed by atoms with E-state index >= 15 is 0 Å². The van der Waals surface area contributed by atoms with E-state index in [1.807, 2.05) is 28.8 Å². The molecule has 4 rings (SSSR count). The van der Waals surface area contributed by atoms with Crippen LogP contribution in [0.5, 0.6) is 0 Å². The molecular formula is C22H28N6. The molecule has 1 aliphatic rings. The van der Waals surface area contributed by atoms with E-state index in [-0.39, 0.29) is 0 Å². The molecule has 2 heterocycles. The first-order chi connectivity index (χ1) is 13.7. The summed E-state index contributed by atoms with van der Waals surface area (Å²) in [6.45, 7) is 7.86. The molecule has 28 heavy (non-hydrogen) atoms. The molecule has 0 amide bonds. The first-order valence-electron chi connectivity index (χ1n) is 10.1. The summed E-state index contributed by atoms with van der Waals surface area (Å²) in [4.78, 5) is 4.72. The Balaban J connectivity index is 1.41. The summed E-state index contributed by atoms with van der Waals surface area (Å²) in [5, 5.41) is 15.4. The van der Waals surface area contributed by atoms with Crippen LogP contribution in [-0.2, 0) is 6.54 Å². The Morgan fingerprint density at radius 1 is 1.18 bits per heavy atom. The van der Waals surface area contributed by atoms with Gasteiger partial charge < -0.3 is 10.6 Å². The number of hydrogen-bond acceptors (Lipinski definition) is 3. The second-order valence-corrected chi connectivity index (χ2v) is 7.65. The number of nitrogens with zero attached hydrogens (tertiary/aromatic N) is 4. The summed E-state index contributed by atoms with van der Waals surface area (Å²) in [6, 6.07) is 15.4. The Hall–Kier alpha value is -2.89. The van der Waals surface area contributed by atoms with E-state index in [0.29, 0.717) is 24.4 Å². The fraction of sp³-hybridized carbons (Fsp3) is 0.409. The van der Waals surface area contributed by atoms with Crippen molar-refractivity contribution in [2.75, 3.05) is 6.54 Å². The Morgan fingerprint density at radius 2 is 2.00 bits per heavy atom. The Labute approximate surface area is 166 Å². The maximum atomic E-state index is 4.72. The van der Waals surface area contributed by atoms with Crippen molar-refractivity contribution in [3.05, 3.63) is 65.6 Å². The molecule has 0 spiro atoms. The SMILES string of the molecule is CCNC(=NCc1nnc2ccccn12)NC1CC1c1ccc(C(C)C)cc1. The summed E-state index contributed by atoms with van der Waals surface area (Å²) in [7, 11) is 0. The van der Waals surface area contributed by atoms with Crippen molar-refractivity contribution in [1.82, 2.24) is 25.2 Å². The number of hydrogen-bond donors (Lipinski definition) is 2. The monoisotopic (exact) mass is 376 g/mol. The molecule has 146 valence electrons. The van der Waals surface area contributed by atoms with Crippen LogP contribution in [0.4, 0.5) is 0 Å². The lowest BCUT2D eigenvalue weighted by Crippen LogP contribution is -2.39. The minimum atomic E-state index is 0.429. The van der Waals surface area contributed by atoms with Gasteiger partial charge in [0.15, 0.2) is 17.4 Å². The van der Waals surface area contributed by atoms with Gasteiger partial charge in [0.25, 0.3) is 0 Å². The zero-order valence-electron chi connectivity index (χ0n) is 16.8. The van der Waals surface area contributed by atoms with Gasteiger partial charge in [-0.25, -0.2) is 4.99 Å². The van der Waals surface area contributed by atoms with Crippen LogP contribution in [0.25, 0.3) is 5.65 Å². The van der Waals surface area contributed by atoms with Gasteiger partial charge in [-0.1, -0.05) is 44.2 Å². The van der Waals surface area contributed by atoms with Crippen LogP contribution >= 0.6 is 0 Å². The lowest BCUT2D eigenvalue weighted by Gasteiger charge is -2.11. The molecule has 2 unspecified atom stereocenters. The van der Waals surface area contributed by atoms with Gasteiger partial charge in [0.2, 0.25) is 0 Å². The van der Waals surface area contributed by atoms with Gasteiger partial charge in [0.05, 0.1) is 0 Å². The maximum absolute atomic E-state index is 4.72. The van der Waals surface area contributed by atoms with Crippen molar-refractivity contribution in [2.45, 2.75) is 51.6 Å². The van der Waals surface area contributed by atoms with Crippen molar-refractivity contribution in [3.8, 4) is 0 Å². The molecule has 0 radical (unpaired) electrons. The predicted octanol–water partition coefficient (Wildman–Crippen LogP) is 3.46. The molecule has 0 aliphatic heterocycles. The van der Waals surface area contributed by atoms with Crippen LogP contribution in [-0.4, -0.2) is 33.1 Å². The summed E-state index contributed by atoms with van der Waals surface area (Å²) in [5.41, 5.74) is 3.64. The van der Waals surface area contributed by atoms with Gasteiger partial charge in [0, 0.05) is 24.7 Å². The smallest absolute Gasteiger partial charge is 0.191 e. The van der Waals surface area contributed by atoms with Crippen molar-refractivity contribution in [2.24, 2.45) is 4.99 Å². The zero-order chi connectivity index (χ0) is 19.5. The van der Waals surface area contributed by atoms with Gasteiger partial charge in [-0.2, -0.15) is 0 Å². The third-order valence-electron chi connectivity index (χ3n) is 5.25. The van der Waals surface area contributed by atoms with Gasteiger partial charge in [-0.05, 0) is 42.5 Å². The number of benzene rings is 1. The molecule has 1 aromatic carbocycles. The van der Waals surface area contributed by atoms with E-state index in [4.69, 9.17) is 4.99 Å². The number of rotatable bonds is 6. The van der Waals surface area contributed by atoms with Gasteiger partial charge >= 0.3 is 0 Å². The minimum Gasteiger partial charge on any atom is -0.357 e. The molecule has 0 bridgehead atoms. The van der Waals surface area contributed by atoms with E-state index in [1.165, 1.54) is 11.1 Å². The minimum absolute atomic E-state index is 0.429. The molecular weight excluding hydrogens is 348 g/mol. The lowest BCUT2D eigenvalue weighted by atomic mass is 10.0. The fourth-order valence-corrected chi connectivity index (χ4v) is 3.50. The third-order valence-corrected chi connectivity index (χ3v) is 5.25. The zero-order valence-corrected chi connectivity index (χ0v) is 16.8. The van der Waals surface area contributed by atoms with Crippen molar-refractivity contribution in [1.29, 1.82) is 0 Å². The number of aliphatic imine (C=N–C) groups is 1. The van der Waals surface area contributed by atoms with Crippen molar-refractivity contribution < 1.29 is 0 Å². The van der Waals surface area contributed by atoms with E-state index in [1.54, 1.807) is 0 Å². The molecule has 6 nitrogen and oxygen atoms in total. The number of fused-ring (bicyclic) bond motifs is 1. The summed E-state index contributed by atoms with van der Waals surface area (Å²) in [6.07, 6.45) is 3.11. The van der Waals surface area contributed by atoms with Crippen LogP contribution in [0.2, 0.25) is 0 Å². The molecule has 3 aromatic rings. The highest BCUT2D eigenvalue weighted by molar-refractivity contribution is 5.80. The Morgan fingerprint density at radius 3 is 2.75 bits per heavy atom. The first kappa shape index (κ1) is 18.5. The Kier molecular flexibility index (Phi) is 5.28. The summed E-state index contributed by atoms with van der Waals surface area (Å²) < 4.78 is 1.98. The third kappa shape index (κ3) is 4.01. The molecule has 6 heteroatoms.